The van der Waals surface area contributed by atoms with Gasteiger partial charge in [-0.05, 0) is 41.0 Å². The molecule has 4 nitrogen and oxygen atoms in total. The molecule has 1 saturated heterocycles. The molecule has 1 N–H and O–H groups in total. The Kier molecular flexibility index (Phi) is 3.75. The molecule has 0 bridgehead atoms. The lowest BCUT2D eigenvalue weighted by molar-refractivity contribution is -0.142. The van der Waals surface area contributed by atoms with Crippen molar-refractivity contribution in [2.75, 3.05) is 13.1 Å². The summed E-state index contributed by atoms with van der Waals surface area (Å²) in [6.07, 6.45) is 2.57. The first-order chi connectivity index (χ1) is 11.6. The van der Waals surface area contributed by atoms with E-state index in [1.54, 1.807) is 4.90 Å². The average molecular weight is 323 g/mol. The Hall–Kier alpha value is -2.36. The molecule has 0 spiro atoms. The Bertz CT molecular complexity index is 796. The molecule has 2 aromatic rings. The minimum Gasteiger partial charge on any atom is -0.481 e. The molecule has 0 radical (unpaired) electrons. The summed E-state index contributed by atoms with van der Waals surface area (Å²) in [5, 5.41) is 11.7. The molecule has 0 aromatic heterocycles. The molecule has 24 heavy (non-hydrogen) atoms. The van der Waals surface area contributed by atoms with Crippen molar-refractivity contribution in [3.8, 4) is 0 Å². The van der Waals surface area contributed by atoms with Crippen LogP contribution in [0.3, 0.4) is 0 Å². The highest BCUT2D eigenvalue weighted by Crippen LogP contribution is 2.44. The van der Waals surface area contributed by atoms with Gasteiger partial charge in [-0.1, -0.05) is 42.5 Å². The number of likely N-dealkylation sites (tertiary alicyclic amines) is 1. The number of amides is 1. The quantitative estimate of drug-likeness (QED) is 0.941. The average Bonchev–Trinajstić information content (AvgIpc) is 3.32. The second-order valence-corrected chi connectivity index (χ2v) is 7.10. The number of benzene rings is 2. The van der Waals surface area contributed by atoms with Gasteiger partial charge in [-0.25, -0.2) is 0 Å². The molecule has 1 aliphatic carbocycles. The monoisotopic (exact) mass is 323 g/mol. The van der Waals surface area contributed by atoms with E-state index in [9.17, 15) is 14.7 Å². The molecular weight excluding hydrogens is 302 g/mol. The van der Waals surface area contributed by atoms with Gasteiger partial charge >= 0.3 is 5.97 Å². The predicted octanol–water partition coefficient (Wildman–Crippen LogP) is 2.95. The summed E-state index contributed by atoms with van der Waals surface area (Å²) in [6.45, 7) is 0.969. The molecule has 2 atom stereocenters. The first-order valence-electron chi connectivity index (χ1n) is 8.60. The standard InChI is InChI=1S/C20H21NO3/c22-19(10-13-5-6-14-3-1-2-4-16(14)9-13)21-11-17(15-7-8-15)18(12-21)20(23)24/h1-6,9,15,17-18H,7-8,10-12H2,(H,23,24)/t17-,18+/m1/s1. The van der Waals surface area contributed by atoms with Crippen LogP contribution in [0.15, 0.2) is 42.5 Å². The van der Waals surface area contributed by atoms with E-state index in [4.69, 9.17) is 0 Å². The molecule has 1 heterocycles. The smallest absolute Gasteiger partial charge is 0.308 e. The summed E-state index contributed by atoms with van der Waals surface area (Å²) < 4.78 is 0. The van der Waals surface area contributed by atoms with Crippen LogP contribution >= 0.6 is 0 Å². The van der Waals surface area contributed by atoms with Crippen LogP contribution in [-0.4, -0.2) is 35.0 Å². The van der Waals surface area contributed by atoms with Crippen LogP contribution in [0.25, 0.3) is 10.8 Å². The van der Waals surface area contributed by atoms with Crippen LogP contribution < -0.4 is 0 Å². The molecule has 1 amide bonds. The van der Waals surface area contributed by atoms with Gasteiger partial charge in [-0.15, -0.1) is 0 Å². The molecule has 2 aromatic carbocycles. The van der Waals surface area contributed by atoms with Gasteiger partial charge in [0.1, 0.15) is 0 Å². The second-order valence-electron chi connectivity index (χ2n) is 7.10. The first kappa shape index (κ1) is 15.2. The Morgan fingerprint density at radius 3 is 2.50 bits per heavy atom. The second kappa shape index (κ2) is 5.93. The van der Waals surface area contributed by atoms with Crippen molar-refractivity contribution in [3.05, 3.63) is 48.0 Å². The molecule has 2 fully saturated rings. The Labute approximate surface area is 141 Å². The van der Waals surface area contributed by atoms with Gasteiger partial charge in [0.05, 0.1) is 12.3 Å². The van der Waals surface area contributed by atoms with Crippen LogP contribution in [-0.2, 0) is 16.0 Å². The fraction of sp³-hybridized carbons (Fsp3) is 0.400. The lowest BCUT2D eigenvalue weighted by Crippen LogP contribution is -2.31. The normalized spacial score (nSPS) is 23.6. The fourth-order valence-corrected chi connectivity index (χ4v) is 3.93. The number of carboxylic acid groups (broad SMARTS) is 1. The van der Waals surface area contributed by atoms with Crippen LogP contribution in [0, 0.1) is 17.8 Å². The third-order valence-electron chi connectivity index (χ3n) is 5.43. The van der Waals surface area contributed by atoms with Crippen molar-refractivity contribution < 1.29 is 14.7 Å². The van der Waals surface area contributed by atoms with E-state index in [1.807, 2.05) is 30.3 Å². The molecule has 4 heteroatoms. The number of fused-ring (bicyclic) bond motifs is 1. The SMILES string of the molecule is O=C(O)[C@H]1CN(C(=O)Cc2ccc3ccccc3c2)C[C@@H]1C1CC1. The minimum atomic E-state index is -0.757. The van der Waals surface area contributed by atoms with Gasteiger partial charge in [0.25, 0.3) is 0 Å². The molecule has 4 rings (SSSR count). The molecule has 124 valence electrons. The van der Waals surface area contributed by atoms with Gasteiger partial charge in [-0.2, -0.15) is 0 Å². The molecule has 0 unspecified atom stereocenters. The van der Waals surface area contributed by atoms with Gasteiger partial charge in [0.15, 0.2) is 0 Å². The summed E-state index contributed by atoms with van der Waals surface area (Å²) in [7, 11) is 0. The van der Waals surface area contributed by atoms with Crippen LogP contribution in [0.1, 0.15) is 18.4 Å². The number of carboxylic acids is 1. The van der Waals surface area contributed by atoms with Crippen LogP contribution in [0.2, 0.25) is 0 Å². The van der Waals surface area contributed by atoms with E-state index in [1.165, 1.54) is 0 Å². The number of nitrogens with zero attached hydrogens (tertiary/aromatic N) is 1. The van der Waals surface area contributed by atoms with E-state index in [-0.39, 0.29) is 11.8 Å². The maximum absolute atomic E-state index is 12.6. The number of carbonyl (C=O) groups is 2. The third-order valence-corrected chi connectivity index (χ3v) is 5.43. The molecular formula is C20H21NO3. The fourth-order valence-electron chi connectivity index (χ4n) is 3.93. The minimum absolute atomic E-state index is 0.0414. The summed E-state index contributed by atoms with van der Waals surface area (Å²) in [4.78, 5) is 25.9. The van der Waals surface area contributed by atoms with Crippen molar-refractivity contribution in [1.29, 1.82) is 0 Å². The summed E-state index contributed by atoms with van der Waals surface area (Å²) in [5.41, 5.74) is 0.987. The zero-order valence-corrected chi connectivity index (χ0v) is 13.5. The molecule has 2 aliphatic rings. The van der Waals surface area contributed by atoms with Crippen molar-refractivity contribution in [3.63, 3.8) is 0 Å². The largest absolute Gasteiger partial charge is 0.481 e. The number of rotatable bonds is 4. The van der Waals surface area contributed by atoms with E-state index >= 15 is 0 Å². The highest BCUT2D eigenvalue weighted by molar-refractivity contribution is 5.86. The summed E-state index contributed by atoms with van der Waals surface area (Å²) in [6, 6.07) is 14.2. The van der Waals surface area contributed by atoms with Gasteiger partial charge < -0.3 is 10.0 Å². The summed E-state index contributed by atoms with van der Waals surface area (Å²) in [5.74, 6) is -0.460. The van der Waals surface area contributed by atoms with Crippen molar-refractivity contribution in [2.24, 2.45) is 17.8 Å². The lowest BCUT2D eigenvalue weighted by Gasteiger charge is -2.16. The predicted molar refractivity (Wildman–Crippen MR) is 91.6 cm³/mol. The highest BCUT2D eigenvalue weighted by Gasteiger charge is 2.46. The van der Waals surface area contributed by atoms with E-state index in [0.29, 0.717) is 25.4 Å². The van der Waals surface area contributed by atoms with Gasteiger partial charge in [0.2, 0.25) is 5.91 Å². The van der Waals surface area contributed by atoms with Crippen molar-refractivity contribution >= 4 is 22.6 Å². The maximum atomic E-state index is 12.6. The van der Waals surface area contributed by atoms with Crippen LogP contribution in [0.4, 0.5) is 0 Å². The number of aliphatic carboxylic acids is 1. The van der Waals surface area contributed by atoms with Crippen LogP contribution in [0.5, 0.6) is 0 Å². The Balaban J connectivity index is 1.48. The molecule has 1 aliphatic heterocycles. The Morgan fingerprint density at radius 1 is 1.04 bits per heavy atom. The number of hydrogen-bond acceptors (Lipinski definition) is 2. The van der Waals surface area contributed by atoms with E-state index < -0.39 is 11.9 Å². The first-order valence-corrected chi connectivity index (χ1v) is 8.60. The highest BCUT2D eigenvalue weighted by atomic mass is 16.4. The third kappa shape index (κ3) is 2.88. The van der Waals surface area contributed by atoms with E-state index in [2.05, 4.69) is 12.1 Å². The topological polar surface area (TPSA) is 57.6 Å². The zero-order valence-electron chi connectivity index (χ0n) is 13.5. The Morgan fingerprint density at radius 2 is 1.79 bits per heavy atom. The lowest BCUT2D eigenvalue weighted by atomic mass is 9.92. The number of hydrogen-bond donors (Lipinski definition) is 1. The molecule has 1 saturated carbocycles. The zero-order chi connectivity index (χ0) is 16.7. The summed E-state index contributed by atoms with van der Waals surface area (Å²) >= 11 is 0. The maximum Gasteiger partial charge on any atom is 0.308 e. The number of carbonyl (C=O) groups excluding carboxylic acids is 1. The van der Waals surface area contributed by atoms with Crippen molar-refractivity contribution in [1.82, 2.24) is 4.90 Å². The van der Waals surface area contributed by atoms with Crippen molar-refractivity contribution in [2.45, 2.75) is 19.3 Å². The van der Waals surface area contributed by atoms with Gasteiger partial charge in [-0.3, -0.25) is 9.59 Å². The van der Waals surface area contributed by atoms with E-state index in [0.717, 1.165) is 29.2 Å². The van der Waals surface area contributed by atoms with Gasteiger partial charge in [0, 0.05) is 13.1 Å².